The van der Waals surface area contributed by atoms with Gasteiger partial charge in [-0.15, -0.1) is 0 Å². The van der Waals surface area contributed by atoms with Gasteiger partial charge in [0.05, 0.1) is 11.3 Å². The van der Waals surface area contributed by atoms with Crippen LogP contribution >= 0.6 is 0 Å². The first-order chi connectivity index (χ1) is 9.66. The van der Waals surface area contributed by atoms with Crippen molar-refractivity contribution in [1.29, 1.82) is 0 Å². The van der Waals surface area contributed by atoms with E-state index in [0.717, 1.165) is 18.3 Å². The number of fused-ring (bicyclic) bond motifs is 1. The van der Waals surface area contributed by atoms with Crippen molar-refractivity contribution in [3.63, 3.8) is 0 Å². The number of anilines is 2. The maximum atomic E-state index is 11.0. The van der Waals surface area contributed by atoms with Gasteiger partial charge in [-0.1, -0.05) is 12.8 Å². The van der Waals surface area contributed by atoms with E-state index in [-0.39, 0.29) is 5.56 Å². The molecule has 3 rings (SSSR count). The van der Waals surface area contributed by atoms with Crippen LogP contribution in [0.2, 0.25) is 0 Å². The second kappa shape index (κ2) is 5.31. The van der Waals surface area contributed by atoms with Crippen LogP contribution in [0, 0.1) is 5.92 Å². The van der Waals surface area contributed by atoms with Crippen molar-refractivity contribution in [2.24, 2.45) is 5.92 Å². The van der Waals surface area contributed by atoms with Gasteiger partial charge in [0.2, 0.25) is 0 Å². The van der Waals surface area contributed by atoms with Gasteiger partial charge < -0.3 is 15.7 Å². The molecule has 5 heteroatoms. The monoisotopic (exact) mass is 275 g/mol. The van der Waals surface area contributed by atoms with E-state index in [0.29, 0.717) is 11.7 Å². The number of aromatic nitrogens is 1. The largest absolute Gasteiger partial charge is 0.478 e. The lowest BCUT2D eigenvalue weighted by atomic mass is 9.78. The van der Waals surface area contributed by atoms with Crippen LogP contribution in [0.1, 0.15) is 48.9 Å². The van der Waals surface area contributed by atoms with Crippen LogP contribution in [0.15, 0.2) is 12.3 Å². The van der Waals surface area contributed by atoms with E-state index in [4.69, 9.17) is 10.8 Å². The van der Waals surface area contributed by atoms with Gasteiger partial charge >= 0.3 is 5.97 Å². The van der Waals surface area contributed by atoms with E-state index in [9.17, 15) is 4.79 Å². The van der Waals surface area contributed by atoms with Crippen LogP contribution in [0.25, 0.3) is 0 Å². The Morgan fingerprint density at radius 2 is 2.05 bits per heavy atom. The Labute approximate surface area is 118 Å². The Morgan fingerprint density at radius 1 is 1.30 bits per heavy atom. The lowest BCUT2D eigenvalue weighted by molar-refractivity contribution is 0.0696. The van der Waals surface area contributed by atoms with Gasteiger partial charge in [0, 0.05) is 18.8 Å². The number of aromatic carboxylic acids is 1. The van der Waals surface area contributed by atoms with E-state index < -0.39 is 5.97 Å². The van der Waals surface area contributed by atoms with Crippen molar-refractivity contribution < 1.29 is 9.90 Å². The number of carbonyl (C=O) groups is 1. The van der Waals surface area contributed by atoms with E-state index >= 15 is 0 Å². The average molecular weight is 275 g/mol. The molecule has 1 aromatic rings. The van der Waals surface area contributed by atoms with Gasteiger partial charge in [0.15, 0.2) is 5.82 Å². The molecule has 2 aliphatic rings. The van der Waals surface area contributed by atoms with Crippen molar-refractivity contribution in [1.82, 2.24) is 4.98 Å². The van der Waals surface area contributed by atoms with Gasteiger partial charge in [-0.2, -0.15) is 0 Å². The number of nitrogen functional groups attached to an aromatic ring is 1. The zero-order valence-electron chi connectivity index (χ0n) is 11.6. The minimum atomic E-state index is -0.982. The van der Waals surface area contributed by atoms with Crippen LogP contribution in [0.4, 0.5) is 11.5 Å². The number of hydrogen-bond donors (Lipinski definition) is 2. The molecule has 5 nitrogen and oxygen atoms in total. The van der Waals surface area contributed by atoms with Gasteiger partial charge in [-0.3, -0.25) is 0 Å². The predicted octanol–water partition coefficient (Wildman–Crippen LogP) is 2.52. The summed E-state index contributed by atoms with van der Waals surface area (Å²) in [5, 5.41) is 8.99. The Hall–Kier alpha value is -1.78. The number of piperidine rings is 1. The van der Waals surface area contributed by atoms with E-state index in [1.54, 1.807) is 0 Å². The lowest BCUT2D eigenvalue weighted by Crippen LogP contribution is -2.47. The molecule has 20 heavy (non-hydrogen) atoms. The smallest absolute Gasteiger partial charge is 0.337 e. The molecule has 0 aromatic carbocycles. The third kappa shape index (κ3) is 2.32. The molecule has 0 radical (unpaired) electrons. The molecule has 1 aliphatic carbocycles. The molecule has 2 atom stereocenters. The van der Waals surface area contributed by atoms with Crippen molar-refractivity contribution in [3.05, 3.63) is 17.8 Å². The fourth-order valence-corrected chi connectivity index (χ4v) is 3.72. The summed E-state index contributed by atoms with van der Waals surface area (Å²) in [5.41, 5.74) is 6.68. The highest BCUT2D eigenvalue weighted by Gasteiger charge is 2.34. The Bertz CT molecular complexity index is 516. The molecule has 0 amide bonds. The van der Waals surface area contributed by atoms with Gasteiger partial charge in [-0.05, 0) is 37.7 Å². The number of rotatable bonds is 2. The summed E-state index contributed by atoms with van der Waals surface area (Å²) in [6.45, 7) is 0.977. The van der Waals surface area contributed by atoms with Gasteiger partial charge in [-0.25, -0.2) is 9.78 Å². The second-order valence-electron chi connectivity index (χ2n) is 5.89. The maximum absolute atomic E-state index is 11.0. The molecule has 3 N–H and O–H groups in total. The molecule has 1 aromatic heterocycles. The maximum Gasteiger partial charge on any atom is 0.337 e. The highest BCUT2D eigenvalue weighted by molar-refractivity contribution is 5.89. The Balaban J connectivity index is 1.89. The van der Waals surface area contributed by atoms with Gasteiger partial charge in [0.1, 0.15) is 0 Å². The minimum absolute atomic E-state index is 0.156. The van der Waals surface area contributed by atoms with Gasteiger partial charge in [0.25, 0.3) is 0 Å². The number of nitrogens with zero attached hydrogens (tertiary/aromatic N) is 2. The SMILES string of the molecule is Nc1cc(C(=O)O)cnc1N1CCC[C@H]2CCCC[C@H]21. The molecule has 0 bridgehead atoms. The molecular formula is C15H21N3O2. The molecule has 0 unspecified atom stereocenters. The predicted molar refractivity (Wildman–Crippen MR) is 77.9 cm³/mol. The Kier molecular flexibility index (Phi) is 3.51. The first kappa shape index (κ1) is 13.2. The van der Waals surface area contributed by atoms with Crippen molar-refractivity contribution in [2.45, 2.75) is 44.6 Å². The fraction of sp³-hybridized carbons (Fsp3) is 0.600. The first-order valence-corrected chi connectivity index (χ1v) is 7.42. The van der Waals surface area contributed by atoms with Crippen LogP contribution in [0.3, 0.4) is 0 Å². The fourth-order valence-electron chi connectivity index (χ4n) is 3.72. The normalized spacial score (nSPS) is 26.1. The van der Waals surface area contributed by atoms with Crippen LogP contribution in [-0.2, 0) is 0 Å². The third-order valence-corrected chi connectivity index (χ3v) is 4.66. The van der Waals surface area contributed by atoms with E-state index in [1.807, 2.05) is 0 Å². The summed E-state index contributed by atoms with van der Waals surface area (Å²) in [6, 6.07) is 2.06. The molecule has 2 heterocycles. The molecule has 0 spiro atoms. The molecule has 108 valence electrons. The highest BCUT2D eigenvalue weighted by atomic mass is 16.4. The number of carboxylic acids is 1. The van der Waals surface area contributed by atoms with Crippen LogP contribution in [0.5, 0.6) is 0 Å². The molecule has 1 saturated heterocycles. The molecule has 1 aliphatic heterocycles. The van der Waals surface area contributed by atoms with Crippen molar-refractivity contribution in [3.8, 4) is 0 Å². The lowest BCUT2D eigenvalue weighted by Gasteiger charge is -2.45. The summed E-state index contributed by atoms with van der Waals surface area (Å²) < 4.78 is 0. The van der Waals surface area contributed by atoms with Crippen molar-refractivity contribution in [2.75, 3.05) is 17.2 Å². The standard InChI is InChI=1S/C15H21N3O2/c16-12-8-11(15(19)20)9-17-14(12)18-7-3-5-10-4-1-2-6-13(10)18/h8-10,13H,1-7,16H2,(H,19,20)/t10-,13-/m1/s1. The topological polar surface area (TPSA) is 79.5 Å². The number of pyridine rings is 1. The summed E-state index contributed by atoms with van der Waals surface area (Å²) in [7, 11) is 0. The second-order valence-corrected chi connectivity index (χ2v) is 5.89. The summed E-state index contributed by atoms with van der Waals surface area (Å²) in [6.07, 6.45) is 8.99. The number of nitrogens with two attached hydrogens (primary N) is 1. The van der Waals surface area contributed by atoms with Crippen LogP contribution in [-0.4, -0.2) is 28.6 Å². The molecule has 2 fully saturated rings. The quantitative estimate of drug-likeness (QED) is 0.867. The zero-order valence-corrected chi connectivity index (χ0v) is 11.6. The minimum Gasteiger partial charge on any atom is -0.478 e. The molecular weight excluding hydrogens is 254 g/mol. The third-order valence-electron chi connectivity index (χ3n) is 4.66. The van der Waals surface area contributed by atoms with Crippen molar-refractivity contribution >= 4 is 17.5 Å². The number of carboxylic acid groups (broad SMARTS) is 1. The Morgan fingerprint density at radius 3 is 2.80 bits per heavy atom. The van der Waals surface area contributed by atoms with E-state index in [1.165, 1.54) is 50.8 Å². The summed E-state index contributed by atoms with van der Waals surface area (Å²) in [5.74, 6) is 0.536. The first-order valence-electron chi connectivity index (χ1n) is 7.42. The molecule has 1 saturated carbocycles. The van der Waals surface area contributed by atoms with E-state index in [2.05, 4.69) is 9.88 Å². The summed E-state index contributed by atoms with van der Waals surface area (Å²) in [4.78, 5) is 17.6. The van der Waals surface area contributed by atoms with Crippen LogP contribution < -0.4 is 10.6 Å². The number of hydrogen-bond acceptors (Lipinski definition) is 4. The highest BCUT2D eigenvalue weighted by Crippen LogP contribution is 2.38. The zero-order chi connectivity index (χ0) is 14.1. The average Bonchev–Trinajstić information content (AvgIpc) is 2.46. The summed E-state index contributed by atoms with van der Waals surface area (Å²) >= 11 is 0.